The summed E-state index contributed by atoms with van der Waals surface area (Å²) in [4.78, 5) is 11.7. The van der Waals surface area contributed by atoms with E-state index in [0.29, 0.717) is 25.4 Å². The van der Waals surface area contributed by atoms with Crippen LogP contribution in [0.4, 0.5) is 8.78 Å². The standard InChI is InChI=1S/C26H36F2O6/c1-16(2)34-26(31)5-3-4-17-6-9-21-20(23(30)13-24(21)32-14-17)10-8-19(29)15-33-25-12-18(27)7-11-22(25)28/h7-8,10-12,16-17,19-21,23-24,29-30H,3-6,9,13-15H2,1-2H3/b10-8+/t17-,19+,20+,21+,23+,24-/m1/s1. The van der Waals surface area contributed by atoms with Gasteiger partial charge in [-0.15, -0.1) is 0 Å². The lowest BCUT2D eigenvalue weighted by Gasteiger charge is -2.21. The van der Waals surface area contributed by atoms with Gasteiger partial charge in [0.2, 0.25) is 0 Å². The smallest absolute Gasteiger partial charge is 0.306 e. The van der Waals surface area contributed by atoms with E-state index in [1.807, 2.05) is 13.8 Å². The zero-order valence-corrected chi connectivity index (χ0v) is 19.9. The zero-order chi connectivity index (χ0) is 24.7. The summed E-state index contributed by atoms with van der Waals surface area (Å²) in [6.07, 6.45) is 6.02. The molecule has 2 N–H and O–H groups in total. The second kappa shape index (κ2) is 12.6. The van der Waals surface area contributed by atoms with Gasteiger partial charge in [0.05, 0.1) is 18.3 Å². The van der Waals surface area contributed by atoms with Crippen LogP contribution in [-0.2, 0) is 14.3 Å². The molecular weight excluding hydrogens is 446 g/mol. The molecule has 1 aromatic carbocycles. The predicted molar refractivity (Wildman–Crippen MR) is 122 cm³/mol. The van der Waals surface area contributed by atoms with Gasteiger partial charge in [-0.1, -0.05) is 12.2 Å². The average molecular weight is 483 g/mol. The van der Waals surface area contributed by atoms with Crippen molar-refractivity contribution in [3.8, 4) is 5.75 Å². The Morgan fingerprint density at radius 1 is 1.29 bits per heavy atom. The molecule has 1 saturated carbocycles. The summed E-state index contributed by atoms with van der Waals surface area (Å²) in [5.74, 6) is -1.41. The molecule has 3 rings (SSSR count). The van der Waals surface area contributed by atoms with Crippen molar-refractivity contribution in [1.29, 1.82) is 0 Å². The van der Waals surface area contributed by atoms with Crippen LogP contribution in [0.3, 0.4) is 0 Å². The summed E-state index contributed by atoms with van der Waals surface area (Å²) in [5, 5.41) is 20.8. The molecular formula is C26H36F2O6. The van der Waals surface area contributed by atoms with E-state index in [1.54, 1.807) is 6.08 Å². The highest BCUT2D eigenvalue weighted by molar-refractivity contribution is 5.69. The van der Waals surface area contributed by atoms with E-state index in [0.717, 1.165) is 43.9 Å². The average Bonchev–Trinajstić information content (AvgIpc) is 2.94. The van der Waals surface area contributed by atoms with E-state index in [-0.39, 0.29) is 42.4 Å². The highest BCUT2D eigenvalue weighted by Gasteiger charge is 2.43. The van der Waals surface area contributed by atoms with Crippen molar-refractivity contribution in [1.82, 2.24) is 0 Å². The molecule has 1 aliphatic carbocycles. The fraction of sp³-hybridized carbons (Fsp3) is 0.654. The molecule has 6 atom stereocenters. The number of aliphatic hydroxyl groups excluding tert-OH is 2. The van der Waals surface area contributed by atoms with Gasteiger partial charge in [-0.3, -0.25) is 4.79 Å². The van der Waals surface area contributed by atoms with Crippen LogP contribution in [0, 0.1) is 29.4 Å². The van der Waals surface area contributed by atoms with Crippen molar-refractivity contribution in [2.45, 2.75) is 76.8 Å². The summed E-state index contributed by atoms with van der Waals surface area (Å²) < 4.78 is 43.4. The third-order valence-electron chi connectivity index (χ3n) is 6.56. The number of fused-ring (bicyclic) bond motifs is 1. The summed E-state index contributed by atoms with van der Waals surface area (Å²) in [5.41, 5.74) is 0. The molecule has 34 heavy (non-hydrogen) atoms. The lowest BCUT2D eigenvalue weighted by Crippen LogP contribution is -2.22. The number of benzene rings is 1. The Morgan fingerprint density at radius 3 is 2.85 bits per heavy atom. The van der Waals surface area contributed by atoms with Gasteiger partial charge in [0.25, 0.3) is 0 Å². The fourth-order valence-corrected chi connectivity index (χ4v) is 4.87. The molecule has 190 valence electrons. The first-order valence-corrected chi connectivity index (χ1v) is 12.2. The Hall–Kier alpha value is -2.03. The Morgan fingerprint density at radius 2 is 2.09 bits per heavy atom. The van der Waals surface area contributed by atoms with Crippen LogP contribution in [0.25, 0.3) is 0 Å². The van der Waals surface area contributed by atoms with Gasteiger partial charge in [-0.05, 0) is 63.5 Å². The SMILES string of the molecule is CC(C)OC(=O)CCC[C@@H]1CC[C@H]2[C@H](/C=C/[C@H](O)COc3cc(F)ccc3F)[C@@H](O)C[C@H]2OC1. The first-order valence-electron chi connectivity index (χ1n) is 12.2. The van der Waals surface area contributed by atoms with Crippen LogP contribution in [0.1, 0.15) is 52.4 Å². The number of esters is 1. The maximum atomic E-state index is 13.7. The minimum absolute atomic E-state index is 0.0460. The topological polar surface area (TPSA) is 85.2 Å². The lowest BCUT2D eigenvalue weighted by molar-refractivity contribution is -0.147. The van der Waals surface area contributed by atoms with Crippen LogP contribution >= 0.6 is 0 Å². The molecule has 0 unspecified atom stereocenters. The van der Waals surface area contributed by atoms with Crippen molar-refractivity contribution in [3.05, 3.63) is 42.0 Å². The number of halogens is 2. The molecule has 1 heterocycles. The van der Waals surface area contributed by atoms with E-state index in [4.69, 9.17) is 14.2 Å². The quantitative estimate of drug-likeness (QED) is 0.385. The number of aliphatic hydroxyl groups is 2. The number of carbonyl (C=O) groups excluding carboxylic acids is 1. The van der Waals surface area contributed by atoms with Gasteiger partial charge < -0.3 is 24.4 Å². The molecule has 0 radical (unpaired) electrons. The Balaban J connectivity index is 1.47. The number of carbonyl (C=O) groups is 1. The molecule has 0 spiro atoms. The summed E-state index contributed by atoms with van der Waals surface area (Å²) >= 11 is 0. The molecule has 0 aromatic heterocycles. The van der Waals surface area contributed by atoms with Gasteiger partial charge in [0, 0.05) is 31.4 Å². The van der Waals surface area contributed by atoms with Crippen molar-refractivity contribution >= 4 is 5.97 Å². The Kier molecular flexibility index (Phi) is 9.85. The molecule has 0 bridgehead atoms. The Labute approximate surface area is 199 Å². The second-order valence-corrected chi connectivity index (χ2v) is 9.63. The molecule has 1 saturated heterocycles. The molecule has 0 amide bonds. The largest absolute Gasteiger partial charge is 0.487 e. The van der Waals surface area contributed by atoms with Crippen LogP contribution in [0.5, 0.6) is 5.75 Å². The maximum absolute atomic E-state index is 13.7. The van der Waals surface area contributed by atoms with Crippen molar-refractivity contribution in [2.75, 3.05) is 13.2 Å². The summed E-state index contributed by atoms with van der Waals surface area (Å²) in [6.45, 7) is 4.06. The third kappa shape index (κ3) is 7.75. The minimum Gasteiger partial charge on any atom is -0.487 e. The molecule has 1 aliphatic heterocycles. The van der Waals surface area contributed by atoms with Crippen LogP contribution in [-0.4, -0.2) is 53.8 Å². The molecule has 8 heteroatoms. The van der Waals surface area contributed by atoms with E-state index in [2.05, 4.69) is 0 Å². The second-order valence-electron chi connectivity index (χ2n) is 9.63. The van der Waals surface area contributed by atoms with Gasteiger partial charge in [0.15, 0.2) is 11.6 Å². The van der Waals surface area contributed by atoms with Gasteiger partial charge in [-0.25, -0.2) is 8.78 Å². The predicted octanol–water partition coefficient (Wildman–Crippen LogP) is 4.17. The van der Waals surface area contributed by atoms with Crippen LogP contribution < -0.4 is 4.74 Å². The molecule has 2 aliphatic rings. The third-order valence-corrected chi connectivity index (χ3v) is 6.56. The molecule has 1 aromatic rings. The normalized spacial score (nSPS) is 28.0. The number of hydrogen-bond donors (Lipinski definition) is 2. The highest BCUT2D eigenvalue weighted by Crippen LogP contribution is 2.42. The zero-order valence-electron chi connectivity index (χ0n) is 19.9. The van der Waals surface area contributed by atoms with Gasteiger partial charge in [-0.2, -0.15) is 0 Å². The van der Waals surface area contributed by atoms with Crippen molar-refractivity contribution < 1.29 is 38.0 Å². The molecule has 6 nitrogen and oxygen atoms in total. The monoisotopic (exact) mass is 482 g/mol. The van der Waals surface area contributed by atoms with Gasteiger partial charge >= 0.3 is 5.97 Å². The van der Waals surface area contributed by atoms with E-state index in [1.165, 1.54) is 6.08 Å². The summed E-state index contributed by atoms with van der Waals surface area (Å²) in [7, 11) is 0. The van der Waals surface area contributed by atoms with Crippen molar-refractivity contribution in [2.24, 2.45) is 17.8 Å². The van der Waals surface area contributed by atoms with Crippen LogP contribution in [0.15, 0.2) is 30.4 Å². The number of hydrogen-bond acceptors (Lipinski definition) is 6. The highest BCUT2D eigenvalue weighted by atomic mass is 19.1. The summed E-state index contributed by atoms with van der Waals surface area (Å²) in [6, 6.07) is 2.90. The first kappa shape index (κ1) is 26.6. The number of rotatable bonds is 10. The van der Waals surface area contributed by atoms with E-state index < -0.39 is 23.8 Å². The van der Waals surface area contributed by atoms with E-state index in [9.17, 15) is 23.8 Å². The Bertz CT molecular complexity index is 830. The number of ether oxygens (including phenoxy) is 3. The molecule has 2 fully saturated rings. The lowest BCUT2D eigenvalue weighted by atomic mass is 9.86. The fourth-order valence-electron chi connectivity index (χ4n) is 4.87. The van der Waals surface area contributed by atoms with Crippen molar-refractivity contribution in [3.63, 3.8) is 0 Å². The van der Waals surface area contributed by atoms with E-state index >= 15 is 0 Å². The minimum atomic E-state index is -1.03. The maximum Gasteiger partial charge on any atom is 0.306 e. The van der Waals surface area contributed by atoms with Crippen LogP contribution in [0.2, 0.25) is 0 Å². The first-order chi connectivity index (χ1) is 16.2. The van der Waals surface area contributed by atoms with Gasteiger partial charge in [0.1, 0.15) is 18.5 Å².